The number of allylic oxidation sites excluding steroid dienone is 4. The van der Waals surface area contributed by atoms with Crippen molar-refractivity contribution in [3.8, 4) is 11.4 Å². The predicted molar refractivity (Wildman–Crippen MR) is 156 cm³/mol. The second kappa shape index (κ2) is 12.1. The van der Waals surface area contributed by atoms with Gasteiger partial charge in [0.25, 0.3) is 5.56 Å². The van der Waals surface area contributed by atoms with Crippen LogP contribution in [0.5, 0.6) is 5.75 Å². The number of aromatic nitrogens is 1. The molecule has 0 saturated heterocycles. The number of fused-ring (bicyclic) bond motifs is 2. The van der Waals surface area contributed by atoms with Crippen molar-refractivity contribution in [1.82, 2.24) is 9.47 Å². The highest BCUT2D eigenvalue weighted by atomic mass is 16.7. The summed E-state index contributed by atoms with van der Waals surface area (Å²) in [5.74, 6) is 1.23. The smallest absolute Gasteiger partial charge is 0.331 e. The van der Waals surface area contributed by atoms with Gasteiger partial charge in [0, 0.05) is 17.5 Å². The van der Waals surface area contributed by atoms with Gasteiger partial charge in [0.05, 0.1) is 17.5 Å². The van der Waals surface area contributed by atoms with Gasteiger partial charge in [0.1, 0.15) is 11.4 Å². The Morgan fingerprint density at radius 3 is 2.31 bits per heavy atom. The van der Waals surface area contributed by atoms with E-state index in [4.69, 9.17) is 9.47 Å². The summed E-state index contributed by atoms with van der Waals surface area (Å²) >= 11 is 0. The van der Waals surface area contributed by atoms with Gasteiger partial charge in [0.15, 0.2) is 6.79 Å². The Morgan fingerprint density at radius 2 is 1.69 bits per heavy atom. The number of aryl methyl sites for hydroxylation is 1. The maximum Gasteiger partial charge on any atom is 0.331 e. The first-order chi connectivity index (χ1) is 18.6. The first-order valence-electron chi connectivity index (χ1n) is 14.0. The molecule has 0 unspecified atom stereocenters. The molecular weight excluding hydrogens is 490 g/mol. The largest absolute Gasteiger partial charge is 0.468 e. The third-order valence-corrected chi connectivity index (χ3v) is 7.04. The van der Waals surface area contributed by atoms with E-state index < -0.39 is 0 Å². The van der Waals surface area contributed by atoms with Crippen molar-refractivity contribution in [3.63, 3.8) is 0 Å². The number of hydrogen-bond acceptors (Lipinski definition) is 4. The zero-order valence-electron chi connectivity index (χ0n) is 24.2. The molecular formula is C32H41N3O4. The number of hydrogen-bond donors (Lipinski definition) is 1. The van der Waals surface area contributed by atoms with E-state index in [1.54, 1.807) is 15.7 Å². The van der Waals surface area contributed by atoms with Crippen LogP contribution in [0.3, 0.4) is 0 Å². The van der Waals surface area contributed by atoms with E-state index in [9.17, 15) is 9.59 Å². The molecule has 2 amide bonds. The van der Waals surface area contributed by atoms with Gasteiger partial charge in [0.2, 0.25) is 0 Å². The Labute approximate surface area is 231 Å². The van der Waals surface area contributed by atoms with Crippen molar-refractivity contribution in [3.05, 3.63) is 87.1 Å². The van der Waals surface area contributed by atoms with E-state index in [0.29, 0.717) is 29.5 Å². The minimum absolute atomic E-state index is 0.0797. The lowest BCUT2D eigenvalue weighted by Gasteiger charge is -2.45. The number of nitrogens with one attached hydrogen (secondary N) is 1. The Balaban J connectivity index is 1.63. The average molecular weight is 532 g/mol. The molecule has 0 saturated carbocycles. The van der Waals surface area contributed by atoms with Crippen molar-refractivity contribution >= 4 is 11.7 Å². The number of nitrogens with zero attached hydrogens (tertiary/aromatic N) is 2. The van der Waals surface area contributed by atoms with E-state index in [1.165, 1.54) is 5.57 Å². The molecule has 1 aromatic carbocycles. The summed E-state index contributed by atoms with van der Waals surface area (Å²) < 4.78 is 12.6. The number of urea groups is 1. The van der Waals surface area contributed by atoms with Crippen LogP contribution in [0.15, 0.2) is 76.0 Å². The molecule has 39 heavy (non-hydrogen) atoms. The molecule has 0 aliphatic carbocycles. The van der Waals surface area contributed by atoms with Gasteiger partial charge in [-0.15, -0.1) is 0 Å². The molecule has 2 aromatic rings. The summed E-state index contributed by atoms with van der Waals surface area (Å²) in [7, 11) is 0. The fourth-order valence-electron chi connectivity index (χ4n) is 4.96. The standard InChI is InChI=1S/C32H41N3O4/c1-8-9-10-23-17-18-34(24-11-13-25(14-12-24)39-19-38-22(6)7)31(36)29(23)33-32(37)35-27-16-15-26(20(2)3)30(35)28(27)21(4)5/h11-18,20-22H,8-10,19H2,1-7H3,(H,33,37). The number of ether oxygens (including phenoxy) is 2. The Kier molecular flexibility index (Phi) is 8.80. The lowest BCUT2D eigenvalue weighted by Crippen LogP contribution is -2.46. The lowest BCUT2D eigenvalue weighted by molar-refractivity contribution is -0.0199. The molecule has 3 heterocycles. The molecule has 2 aliphatic heterocycles. The van der Waals surface area contributed by atoms with Gasteiger partial charge < -0.3 is 14.8 Å². The van der Waals surface area contributed by atoms with Crippen LogP contribution < -0.4 is 15.6 Å². The highest BCUT2D eigenvalue weighted by Gasteiger charge is 2.42. The van der Waals surface area contributed by atoms with E-state index in [2.05, 4.69) is 46.0 Å². The third kappa shape index (κ3) is 5.88. The van der Waals surface area contributed by atoms with Crippen molar-refractivity contribution in [2.75, 3.05) is 12.1 Å². The molecule has 7 nitrogen and oxygen atoms in total. The summed E-state index contributed by atoms with van der Waals surface area (Å²) in [4.78, 5) is 29.2. The molecule has 0 fully saturated rings. The van der Waals surface area contributed by atoms with Gasteiger partial charge >= 0.3 is 6.03 Å². The van der Waals surface area contributed by atoms with Crippen LogP contribution in [0, 0.1) is 11.8 Å². The number of benzene rings is 1. The van der Waals surface area contributed by atoms with E-state index in [-0.39, 0.29) is 30.4 Å². The fourth-order valence-corrected chi connectivity index (χ4v) is 4.96. The number of rotatable bonds is 11. The number of pyridine rings is 1. The van der Waals surface area contributed by atoms with Crippen molar-refractivity contribution < 1.29 is 14.3 Å². The molecule has 1 aromatic heterocycles. The molecule has 0 radical (unpaired) electrons. The molecule has 2 bridgehead atoms. The molecule has 1 N–H and O–H groups in total. The SMILES string of the molecule is CCCCc1ccn(-c2ccc(OCOC(C)C)cc2)c(=O)c1NC(=O)N1c2ccc(C(C)C)c1c2C(C)C. The first kappa shape index (κ1) is 28.4. The fraction of sp³-hybridized carbons (Fsp3) is 0.438. The van der Waals surface area contributed by atoms with E-state index in [1.807, 2.05) is 50.3 Å². The summed E-state index contributed by atoms with van der Waals surface area (Å²) in [6, 6.07) is 8.90. The zero-order chi connectivity index (χ0) is 28.3. The quantitative estimate of drug-likeness (QED) is 0.312. The molecule has 208 valence electrons. The number of carbonyl (C=O) groups is 1. The second-order valence-electron chi connectivity index (χ2n) is 11.0. The summed E-state index contributed by atoms with van der Waals surface area (Å²) in [5, 5.41) is 3.01. The maximum absolute atomic E-state index is 13.8. The van der Waals surface area contributed by atoms with Gasteiger partial charge in [-0.25, -0.2) is 4.79 Å². The molecule has 7 heteroatoms. The minimum Gasteiger partial charge on any atom is -0.468 e. The van der Waals surface area contributed by atoms with Crippen molar-refractivity contribution in [2.24, 2.45) is 11.8 Å². The van der Waals surface area contributed by atoms with Gasteiger partial charge in [-0.2, -0.15) is 0 Å². The lowest BCUT2D eigenvalue weighted by atomic mass is 9.79. The molecule has 2 aliphatic rings. The van der Waals surface area contributed by atoms with Crippen LogP contribution in [0.1, 0.15) is 66.9 Å². The molecule has 0 atom stereocenters. The van der Waals surface area contributed by atoms with Gasteiger partial charge in [-0.1, -0.05) is 47.1 Å². The topological polar surface area (TPSA) is 72.8 Å². The normalized spacial score (nSPS) is 14.6. The van der Waals surface area contributed by atoms with E-state index in [0.717, 1.165) is 35.4 Å². The monoisotopic (exact) mass is 531 g/mol. The highest BCUT2D eigenvalue weighted by molar-refractivity contribution is 5.96. The van der Waals surface area contributed by atoms with Crippen LogP contribution in [-0.2, 0) is 11.2 Å². The minimum atomic E-state index is -0.298. The zero-order valence-corrected chi connectivity index (χ0v) is 24.2. The predicted octanol–water partition coefficient (Wildman–Crippen LogP) is 7.18. The Hall–Kier alpha value is -3.58. The number of carbonyl (C=O) groups excluding carboxylic acids is 1. The summed E-state index contributed by atoms with van der Waals surface area (Å²) in [5.41, 5.74) is 5.82. The highest BCUT2D eigenvalue weighted by Crippen LogP contribution is 2.48. The third-order valence-electron chi connectivity index (χ3n) is 7.04. The second-order valence-corrected chi connectivity index (χ2v) is 11.0. The number of amides is 2. The van der Waals surface area contributed by atoms with Crippen LogP contribution in [0.4, 0.5) is 10.5 Å². The van der Waals surface area contributed by atoms with Crippen LogP contribution >= 0.6 is 0 Å². The van der Waals surface area contributed by atoms with Crippen molar-refractivity contribution in [1.29, 1.82) is 0 Å². The summed E-state index contributed by atoms with van der Waals surface area (Å²) in [6.45, 7) is 14.7. The van der Waals surface area contributed by atoms with Gasteiger partial charge in [-0.05, 0) is 86.1 Å². The molecule has 4 rings (SSSR count). The Morgan fingerprint density at radius 1 is 0.974 bits per heavy atom. The molecule has 0 spiro atoms. The van der Waals surface area contributed by atoms with Crippen LogP contribution in [0.2, 0.25) is 0 Å². The summed E-state index contributed by atoms with van der Waals surface area (Å²) in [6.07, 6.45) is 8.62. The van der Waals surface area contributed by atoms with Crippen LogP contribution in [-0.4, -0.2) is 28.4 Å². The number of unbranched alkanes of at least 4 members (excludes halogenated alkanes) is 1. The van der Waals surface area contributed by atoms with Crippen LogP contribution in [0.25, 0.3) is 5.69 Å². The first-order valence-corrected chi connectivity index (χ1v) is 14.0. The van der Waals surface area contributed by atoms with E-state index >= 15 is 0 Å². The number of anilines is 1. The average Bonchev–Trinajstić information content (AvgIpc) is 2.89. The van der Waals surface area contributed by atoms with Gasteiger partial charge in [-0.3, -0.25) is 14.3 Å². The Bertz CT molecular complexity index is 1360. The van der Waals surface area contributed by atoms with Crippen molar-refractivity contribution in [2.45, 2.75) is 73.8 Å². The maximum atomic E-state index is 13.8.